The van der Waals surface area contributed by atoms with Crippen molar-refractivity contribution in [2.75, 3.05) is 0 Å². The zero-order chi connectivity index (χ0) is 12.7. The van der Waals surface area contributed by atoms with Gasteiger partial charge in [0.05, 0.1) is 17.2 Å². The van der Waals surface area contributed by atoms with Gasteiger partial charge in [-0.25, -0.2) is 4.79 Å². The molecule has 0 aliphatic carbocycles. The number of aromatic nitrogens is 2. The lowest BCUT2D eigenvalue weighted by molar-refractivity contribution is 0.479. The largest absolute Gasteiger partial charge is 0.506 e. The van der Waals surface area contributed by atoms with Crippen molar-refractivity contribution < 1.29 is 9.52 Å². The fourth-order valence-electron chi connectivity index (χ4n) is 1.82. The third kappa shape index (κ3) is 1.36. The van der Waals surface area contributed by atoms with Gasteiger partial charge in [0.2, 0.25) is 5.88 Å². The fourth-order valence-corrected chi connectivity index (χ4v) is 1.82. The summed E-state index contributed by atoms with van der Waals surface area (Å²) in [5.74, 6) is -0.0141. The summed E-state index contributed by atoms with van der Waals surface area (Å²) < 4.78 is 5.92. The Morgan fingerprint density at radius 2 is 2.00 bits per heavy atom. The van der Waals surface area contributed by atoms with Gasteiger partial charge in [0, 0.05) is 6.07 Å². The number of phenolic OH excluding ortho intramolecular Hbond substituents is 1. The number of aromatic amines is 1. The van der Waals surface area contributed by atoms with Gasteiger partial charge in [0.1, 0.15) is 5.75 Å². The molecule has 1 aromatic carbocycles. The van der Waals surface area contributed by atoms with Crippen molar-refractivity contribution in [3.8, 4) is 11.6 Å². The number of fused-ring (bicyclic) bond motifs is 1. The molecule has 0 atom stereocenters. The van der Waals surface area contributed by atoms with E-state index in [4.69, 9.17) is 4.42 Å². The maximum atomic E-state index is 12.2. The lowest BCUT2D eigenvalue weighted by atomic mass is 10.2. The second-order valence-corrected chi connectivity index (χ2v) is 3.72. The van der Waals surface area contributed by atoms with Crippen LogP contribution in [0.2, 0.25) is 0 Å². The van der Waals surface area contributed by atoms with Gasteiger partial charge in [0.15, 0.2) is 0 Å². The van der Waals surface area contributed by atoms with Gasteiger partial charge in [0.25, 0.3) is 5.56 Å². The molecular formula is C12H8N2O4. The van der Waals surface area contributed by atoms with Crippen LogP contribution in [0, 0.1) is 0 Å². The molecule has 2 heterocycles. The highest BCUT2D eigenvalue weighted by molar-refractivity contribution is 5.83. The number of H-pyrrole nitrogens is 1. The minimum atomic E-state index is -0.663. The van der Waals surface area contributed by atoms with Gasteiger partial charge in [-0.05, 0) is 18.2 Å². The van der Waals surface area contributed by atoms with Crippen molar-refractivity contribution in [1.82, 2.24) is 9.55 Å². The highest BCUT2D eigenvalue weighted by Crippen LogP contribution is 2.18. The molecule has 0 saturated heterocycles. The second kappa shape index (κ2) is 3.63. The van der Waals surface area contributed by atoms with Gasteiger partial charge >= 0.3 is 5.69 Å². The number of nitrogens with zero attached hydrogens (tertiary/aromatic N) is 1. The molecule has 6 heteroatoms. The molecule has 0 unspecified atom stereocenters. The number of aromatic hydroxyl groups is 1. The molecule has 0 spiro atoms. The molecule has 2 N–H and O–H groups in total. The van der Waals surface area contributed by atoms with Crippen LogP contribution >= 0.6 is 0 Å². The molecule has 6 nitrogen and oxygen atoms in total. The lowest BCUT2D eigenvalue weighted by Gasteiger charge is -2.04. The summed E-state index contributed by atoms with van der Waals surface area (Å²) in [6.45, 7) is 0. The summed E-state index contributed by atoms with van der Waals surface area (Å²) >= 11 is 0. The molecule has 0 radical (unpaired) electrons. The summed E-state index contributed by atoms with van der Waals surface area (Å²) in [5.41, 5.74) is -1.08. The number of hydrogen-bond donors (Lipinski definition) is 2. The van der Waals surface area contributed by atoms with Gasteiger partial charge < -0.3 is 14.5 Å². The fraction of sp³-hybridized carbons (Fsp3) is 0. The third-order valence-corrected chi connectivity index (χ3v) is 2.64. The number of furan rings is 1. The van der Waals surface area contributed by atoms with E-state index in [1.54, 1.807) is 6.07 Å². The molecule has 90 valence electrons. The Hall–Kier alpha value is -2.76. The first kappa shape index (κ1) is 10.4. The number of para-hydroxylation sites is 1. The smallest absolute Gasteiger partial charge is 0.336 e. The van der Waals surface area contributed by atoms with Crippen LogP contribution in [-0.2, 0) is 0 Å². The monoisotopic (exact) mass is 244 g/mol. The first-order valence-corrected chi connectivity index (χ1v) is 5.19. The minimum absolute atomic E-state index is 0.121. The Labute approximate surface area is 99.7 Å². The zero-order valence-corrected chi connectivity index (χ0v) is 9.08. The topological polar surface area (TPSA) is 88.2 Å². The highest BCUT2D eigenvalue weighted by atomic mass is 16.3. The molecule has 2 aromatic heterocycles. The average molecular weight is 244 g/mol. The molecular weight excluding hydrogens is 236 g/mol. The van der Waals surface area contributed by atoms with Crippen LogP contribution in [-0.4, -0.2) is 14.7 Å². The molecule has 3 aromatic rings. The SMILES string of the molecule is O=c1[nH]c2c(O)cccc2c(=O)n1-c1ccco1. The van der Waals surface area contributed by atoms with Crippen molar-refractivity contribution in [3.05, 3.63) is 57.4 Å². The Morgan fingerprint density at radius 3 is 2.72 bits per heavy atom. The summed E-state index contributed by atoms with van der Waals surface area (Å²) in [7, 11) is 0. The molecule has 18 heavy (non-hydrogen) atoms. The number of hydrogen-bond acceptors (Lipinski definition) is 4. The summed E-state index contributed by atoms with van der Waals surface area (Å²) in [4.78, 5) is 26.5. The standard InChI is InChI=1S/C12H8N2O4/c15-8-4-1-3-7-10(8)13-12(17)14(11(7)16)9-5-2-6-18-9/h1-6,15H,(H,13,17). The van der Waals surface area contributed by atoms with Crippen LogP contribution in [0.1, 0.15) is 0 Å². The van der Waals surface area contributed by atoms with Crippen LogP contribution < -0.4 is 11.2 Å². The van der Waals surface area contributed by atoms with Crippen LogP contribution in [0.3, 0.4) is 0 Å². The van der Waals surface area contributed by atoms with Crippen LogP contribution in [0.25, 0.3) is 16.8 Å². The molecule has 0 aliphatic rings. The second-order valence-electron chi connectivity index (χ2n) is 3.72. The Morgan fingerprint density at radius 1 is 1.17 bits per heavy atom. The first-order valence-electron chi connectivity index (χ1n) is 5.19. The van der Waals surface area contributed by atoms with E-state index in [-0.39, 0.29) is 22.5 Å². The van der Waals surface area contributed by atoms with Gasteiger partial charge in [-0.3, -0.25) is 4.79 Å². The lowest BCUT2D eigenvalue weighted by Crippen LogP contribution is -2.33. The van der Waals surface area contributed by atoms with E-state index in [9.17, 15) is 14.7 Å². The summed E-state index contributed by atoms with van der Waals surface area (Å²) in [5, 5.41) is 9.81. The number of benzene rings is 1. The number of nitrogens with one attached hydrogen (secondary N) is 1. The van der Waals surface area contributed by atoms with Crippen molar-refractivity contribution >= 4 is 10.9 Å². The van der Waals surface area contributed by atoms with E-state index >= 15 is 0 Å². The maximum absolute atomic E-state index is 12.2. The van der Waals surface area contributed by atoms with Crippen LogP contribution in [0.15, 0.2) is 50.6 Å². The number of rotatable bonds is 1. The zero-order valence-electron chi connectivity index (χ0n) is 9.08. The summed E-state index contributed by atoms with van der Waals surface area (Å²) in [6, 6.07) is 7.53. The van der Waals surface area contributed by atoms with E-state index in [0.717, 1.165) is 4.57 Å². The van der Waals surface area contributed by atoms with E-state index in [1.165, 1.54) is 30.5 Å². The van der Waals surface area contributed by atoms with Gasteiger partial charge in [-0.1, -0.05) is 6.07 Å². The van der Waals surface area contributed by atoms with Crippen molar-refractivity contribution in [3.63, 3.8) is 0 Å². The quantitative estimate of drug-likeness (QED) is 0.667. The third-order valence-electron chi connectivity index (χ3n) is 2.64. The molecule has 0 bridgehead atoms. The molecule has 0 saturated carbocycles. The minimum Gasteiger partial charge on any atom is -0.506 e. The van der Waals surface area contributed by atoms with Crippen LogP contribution in [0.5, 0.6) is 5.75 Å². The van der Waals surface area contributed by atoms with Gasteiger partial charge in [-0.2, -0.15) is 4.57 Å². The predicted molar refractivity (Wildman–Crippen MR) is 64.1 cm³/mol. The van der Waals surface area contributed by atoms with Crippen molar-refractivity contribution in [2.45, 2.75) is 0 Å². The summed E-state index contributed by atoms with van der Waals surface area (Å²) in [6.07, 6.45) is 1.37. The maximum Gasteiger partial charge on any atom is 0.336 e. The van der Waals surface area contributed by atoms with E-state index < -0.39 is 11.2 Å². The van der Waals surface area contributed by atoms with E-state index in [0.29, 0.717) is 0 Å². The Kier molecular flexibility index (Phi) is 2.09. The van der Waals surface area contributed by atoms with Crippen molar-refractivity contribution in [2.24, 2.45) is 0 Å². The predicted octanol–water partition coefficient (Wildman–Crippen LogP) is 0.978. The van der Waals surface area contributed by atoms with Gasteiger partial charge in [-0.15, -0.1) is 0 Å². The van der Waals surface area contributed by atoms with E-state index in [1.807, 2.05) is 0 Å². The Balaban J connectivity index is 2.50. The normalized spacial score (nSPS) is 10.9. The average Bonchev–Trinajstić information content (AvgIpc) is 2.84. The number of phenols is 1. The van der Waals surface area contributed by atoms with Crippen LogP contribution in [0.4, 0.5) is 0 Å². The van der Waals surface area contributed by atoms with E-state index in [2.05, 4.69) is 4.98 Å². The molecule has 0 aliphatic heterocycles. The molecule has 3 rings (SSSR count). The van der Waals surface area contributed by atoms with Crippen molar-refractivity contribution in [1.29, 1.82) is 0 Å². The first-order chi connectivity index (χ1) is 8.68. The highest BCUT2D eigenvalue weighted by Gasteiger charge is 2.12. The molecule has 0 fully saturated rings. The molecule has 0 amide bonds. The Bertz CT molecular complexity index is 827.